The number of nitrogens with one attached hydrogen (secondary N) is 1. The quantitative estimate of drug-likeness (QED) is 0.339. The molecule has 0 saturated carbocycles. The Morgan fingerprint density at radius 1 is 1.18 bits per heavy atom. The van der Waals surface area contributed by atoms with E-state index in [4.69, 9.17) is 13.9 Å². The van der Waals surface area contributed by atoms with Gasteiger partial charge in [-0.25, -0.2) is 5.43 Å². The molecule has 0 spiro atoms. The van der Waals surface area contributed by atoms with Gasteiger partial charge in [-0.05, 0) is 42.4 Å². The number of aromatic nitrogens is 3. The average Bonchev–Trinajstić information content (AvgIpc) is 3.55. The number of hydrazone groups is 1. The third kappa shape index (κ3) is 4.46. The molecular formula is C23H19N5O4S. The van der Waals surface area contributed by atoms with Crippen LogP contribution >= 0.6 is 11.8 Å². The normalized spacial score (nSPS) is 12.4. The number of aryl methyl sites for hydroxylation is 1. The summed E-state index contributed by atoms with van der Waals surface area (Å²) >= 11 is 1.31. The highest BCUT2D eigenvalue weighted by Gasteiger charge is 2.22. The third-order valence-electron chi connectivity index (χ3n) is 4.82. The molecule has 0 unspecified atom stereocenters. The predicted molar refractivity (Wildman–Crippen MR) is 122 cm³/mol. The van der Waals surface area contributed by atoms with Gasteiger partial charge < -0.3 is 13.9 Å². The van der Waals surface area contributed by atoms with Gasteiger partial charge in [-0.1, -0.05) is 29.8 Å². The van der Waals surface area contributed by atoms with E-state index in [1.165, 1.54) is 30.5 Å². The standard InChI is InChI=1S/C23H19N5O4S/c1-14-3-5-16(6-4-14)19-9-17(10-20-22(19)31-13-30-20)28-12-25-27-23(28)33-21-8-7-18(32-21)11-24-26-15(2)29/h3-12H,13H2,1-2H3,(H,26,29). The van der Waals surface area contributed by atoms with Crippen molar-refractivity contribution < 1.29 is 18.7 Å². The van der Waals surface area contributed by atoms with E-state index in [9.17, 15) is 4.79 Å². The van der Waals surface area contributed by atoms with Crippen molar-refractivity contribution >= 4 is 23.9 Å². The topological polar surface area (TPSA) is 104 Å². The maximum atomic E-state index is 10.9. The highest BCUT2D eigenvalue weighted by Crippen LogP contribution is 2.44. The van der Waals surface area contributed by atoms with Crippen molar-refractivity contribution in [2.75, 3.05) is 6.79 Å². The van der Waals surface area contributed by atoms with E-state index in [0.717, 1.165) is 22.6 Å². The van der Waals surface area contributed by atoms with E-state index < -0.39 is 0 Å². The van der Waals surface area contributed by atoms with E-state index in [-0.39, 0.29) is 12.7 Å². The van der Waals surface area contributed by atoms with Crippen LogP contribution in [0.5, 0.6) is 11.5 Å². The van der Waals surface area contributed by atoms with E-state index >= 15 is 0 Å². The zero-order valence-corrected chi connectivity index (χ0v) is 18.6. The van der Waals surface area contributed by atoms with E-state index in [0.29, 0.717) is 21.8 Å². The maximum absolute atomic E-state index is 10.9. The van der Waals surface area contributed by atoms with Gasteiger partial charge in [0.2, 0.25) is 17.9 Å². The number of furan rings is 1. The molecule has 1 aliphatic rings. The number of carbonyl (C=O) groups is 1. The summed E-state index contributed by atoms with van der Waals surface area (Å²) in [6.07, 6.45) is 3.07. The largest absolute Gasteiger partial charge is 0.453 e. The predicted octanol–water partition coefficient (Wildman–Crippen LogP) is 4.19. The molecule has 0 saturated heterocycles. The van der Waals surface area contributed by atoms with Crippen LogP contribution in [-0.2, 0) is 4.79 Å². The summed E-state index contributed by atoms with van der Waals surface area (Å²) < 4.78 is 19.0. The Bertz CT molecular complexity index is 1340. The van der Waals surface area contributed by atoms with Crippen molar-refractivity contribution in [2.24, 2.45) is 5.10 Å². The third-order valence-corrected chi connectivity index (χ3v) is 5.70. The van der Waals surface area contributed by atoms with Crippen molar-refractivity contribution in [1.29, 1.82) is 0 Å². The summed E-state index contributed by atoms with van der Waals surface area (Å²) in [4.78, 5) is 10.9. The van der Waals surface area contributed by atoms with Crippen molar-refractivity contribution in [1.82, 2.24) is 20.2 Å². The first-order chi connectivity index (χ1) is 16.1. The number of carbonyl (C=O) groups excluding carboxylic acids is 1. The minimum atomic E-state index is -0.255. The van der Waals surface area contributed by atoms with Crippen LogP contribution in [0.15, 0.2) is 74.6 Å². The lowest BCUT2D eigenvalue weighted by atomic mass is 10.0. The molecule has 10 heteroatoms. The molecule has 0 bridgehead atoms. The Morgan fingerprint density at radius 2 is 2.03 bits per heavy atom. The van der Waals surface area contributed by atoms with Crippen LogP contribution in [0.2, 0.25) is 0 Å². The maximum Gasteiger partial charge on any atom is 0.236 e. The molecule has 4 aromatic rings. The number of hydrogen-bond donors (Lipinski definition) is 1. The molecule has 166 valence electrons. The van der Waals surface area contributed by atoms with Gasteiger partial charge in [0.1, 0.15) is 12.1 Å². The fourth-order valence-corrected chi connectivity index (χ4v) is 4.08. The van der Waals surface area contributed by atoms with Crippen LogP contribution < -0.4 is 14.9 Å². The highest BCUT2D eigenvalue weighted by atomic mass is 32.2. The summed E-state index contributed by atoms with van der Waals surface area (Å²) in [5.74, 6) is 1.64. The van der Waals surface area contributed by atoms with Crippen LogP contribution in [0.1, 0.15) is 18.2 Å². The molecule has 2 aromatic carbocycles. The number of nitrogens with zero attached hydrogens (tertiary/aromatic N) is 4. The van der Waals surface area contributed by atoms with Crippen LogP contribution in [-0.4, -0.2) is 33.7 Å². The lowest BCUT2D eigenvalue weighted by molar-refractivity contribution is -0.118. The minimum absolute atomic E-state index is 0.177. The number of benzene rings is 2. The van der Waals surface area contributed by atoms with Crippen LogP contribution in [0.4, 0.5) is 0 Å². The second-order valence-electron chi connectivity index (χ2n) is 7.26. The van der Waals surface area contributed by atoms with Crippen molar-refractivity contribution in [2.45, 2.75) is 24.1 Å². The van der Waals surface area contributed by atoms with Gasteiger partial charge in [0.25, 0.3) is 0 Å². The second kappa shape index (κ2) is 8.83. The molecule has 0 fully saturated rings. The molecule has 5 rings (SSSR count). The Balaban J connectivity index is 1.45. The number of fused-ring (bicyclic) bond motifs is 1. The number of hydrogen-bond acceptors (Lipinski definition) is 8. The minimum Gasteiger partial charge on any atom is -0.453 e. The molecule has 0 atom stereocenters. The van der Waals surface area contributed by atoms with Gasteiger partial charge in [-0.15, -0.1) is 10.2 Å². The first-order valence-corrected chi connectivity index (χ1v) is 10.9. The first-order valence-electron chi connectivity index (χ1n) is 10.1. The molecule has 0 aliphatic carbocycles. The zero-order chi connectivity index (χ0) is 22.8. The van der Waals surface area contributed by atoms with Crippen LogP contribution in [0, 0.1) is 6.92 Å². The molecule has 3 heterocycles. The highest BCUT2D eigenvalue weighted by molar-refractivity contribution is 7.99. The average molecular weight is 462 g/mol. The van der Waals surface area contributed by atoms with Gasteiger partial charge in [0.05, 0.1) is 11.9 Å². The fourth-order valence-electron chi connectivity index (χ4n) is 3.29. The number of amides is 1. The molecular weight excluding hydrogens is 442 g/mol. The molecule has 1 amide bonds. The van der Waals surface area contributed by atoms with Gasteiger partial charge >= 0.3 is 0 Å². The number of ether oxygens (including phenoxy) is 2. The Hall–Kier alpha value is -4.05. The van der Waals surface area contributed by atoms with E-state index in [2.05, 4.69) is 51.9 Å². The second-order valence-corrected chi connectivity index (χ2v) is 8.23. The van der Waals surface area contributed by atoms with E-state index in [1.54, 1.807) is 18.5 Å². The summed E-state index contributed by atoms with van der Waals surface area (Å²) in [6.45, 7) is 3.61. The molecule has 0 radical (unpaired) electrons. The SMILES string of the molecule is CC(=O)NN=Cc1ccc(Sc2nncn2-c2cc3c(c(-c4ccc(C)cc4)c2)OCO3)o1. The Kier molecular flexibility index (Phi) is 5.57. The molecule has 9 nitrogen and oxygen atoms in total. The van der Waals surface area contributed by atoms with Crippen LogP contribution in [0.25, 0.3) is 16.8 Å². The van der Waals surface area contributed by atoms with Crippen molar-refractivity contribution in [3.8, 4) is 28.3 Å². The summed E-state index contributed by atoms with van der Waals surface area (Å²) in [5, 5.41) is 13.4. The number of rotatable bonds is 6. The van der Waals surface area contributed by atoms with Gasteiger partial charge in [-0.3, -0.25) is 9.36 Å². The van der Waals surface area contributed by atoms with Gasteiger partial charge in [-0.2, -0.15) is 5.10 Å². The summed E-state index contributed by atoms with van der Waals surface area (Å²) in [7, 11) is 0. The lowest BCUT2D eigenvalue weighted by Gasteiger charge is -2.11. The van der Waals surface area contributed by atoms with Gasteiger partial charge in [0.15, 0.2) is 16.6 Å². The Morgan fingerprint density at radius 3 is 2.85 bits per heavy atom. The summed E-state index contributed by atoms with van der Waals surface area (Å²) in [6, 6.07) is 15.7. The lowest BCUT2D eigenvalue weighted by Crippen LogP contribution is -2.12. The molecule has 1 aliphatic heterocycles. The molecule has 1 N–H and O–H groups in total. The fraction of sp³-hybridized carbons (Fsp3) is 0.130. The Labute approximate surface area is 193 Å². The van der Waals surface area contributed by atoms with Crippen molar-refractivity contribution in [3.63, 3.8) is 0 Å². The summed E-state index contributed by atoms with van der Waals surface area (Å²) in [5.41, 5.74) is 6.31. The smallest absolute Gasteiger partial charge is 0.236 e. The van der Waals surface area contributed by atoms with Crippen LogP contribution in [0.3, 0.4) is 0 Å². The molecule has 33 heavy (non-hydrogen) atoms. The zero-order valence-electron chi connectivity index (χ0n) is 17.8. The van der Waals surface area contributed by atoms with Gasteiger partial charge in [0, 0.05) is 18.6 Å². The molecule has 2 aromatic heterocycles. The van der Waals surface area contributed by atoms with Crippen molar-refractivity contribution in [3.05, 3.63) is 66.2 Å². The first kappa shape index (κ1) is 20.8. The monoisotopic (exact) mass is 461 g/mol. The van der Waals surface area contributed by atoms with E-state index in [1.807, 2.05) is 16.7 Å².